The van der Waals surface area contributed by atoms with Crippen molar-refractivity contribution in [2.75, 3.05) is 6.54 Å². The fourth-order valence-electron chi connectivity index (χ4n) is 1.93. The summed E-state index contributed by atoms with van der Waals surface area (Å²) in [6.45, 7) is 4.64. The number of nitrogens with one attached hydrogen (secondary N) is 2. The number of thiocarbonyl (C=S) groups is 1. The molecule has 0 aliphatic heterocycles. The Balaban J connectivity index is 2.30. The summed E-state index contributed by atoms with van der Waals surface area (Å²) in [5, 5.41) is 9.76. The molecule has 1 amide bonds. The van der Waals surface area contributed by atoms with Crippen LogP contribution in [-0.4, -0.2) is 27.6 Å². The Labute approximate surface area is 119 Å². The maximum atomic E-state index is 11.9. The monoisotopic (exact) mass is 282 g/mol. The minimum absolute atomic E-state index is 0.0572. The molecule has 0 radical (unpaired) electrons. The molecule has 0 saturated carbocycles. The van der Waals surface area contributed by atoms with Crippen LogP contribution in [0.15, 0.2) is 6.20 Å². The van der Waals surface area contributed by atoms with E-state index in [4.69, 9.17) is 18.0 Å². The van der Waals surface area contributed by atoms with E-state index in [1.807, 2.05) is 20.0 Å². The van der Waals surface area contributed by atoms with E-state index in [-0.39, 0.29) is 16.8 Å². The van der Waals surface area contributed by atoms with Crippen molar-refractivity contribution in [3.8, 4) is 0 Å². The molecular formula is C13H22N4OS. The predicted molar refractivity (Wildman–Crippen MR) is 79.8 cm³/mol. The van der Waals surface area contributed by atoms with Crippen LogP contribution >= 0.6 is 12.2 Å². The van der Waals surface area contributed by atoms with Crippen LogP contribution in [0.5, 0.6) is 0 Å². The molecule has 0 aliphatic rings. The molecule has 1 rings (SSSR count). The van der Waals surface area contributed by atoms with Gasteiger partial charge in [-0.05, 0) is 31.7 Å². The van der Waals surface area contributed by atoms with E-state index in [1.54, 1.807) is 0 Å². The van der Waals surface area contributed by atoms with Gasteiger partial charge in [0.25, 0.3) is 0 Å². The first kappa shape index (κ1) is 15.6. The molecular weight excluding hydrogens is 260 g/mol. The number of amides is 1. The highest BCUT2D eigenvalue weighted by Crippen LogP contribution is 2.08. The maximum Gasteiger partial charge on any atom is 0.229 e. The number of nitrogens with zero attached hydrogens (tertiary/aromatic N) is 1. The molecule has 106 valence electrons. The minimum atomic E-state index is -0.337. The van der Waals surface area contributed by atoms with Crippen molar-refractivity contribution in [1.29, 1.82) is 0 Å². The van der Waals surface area contributed by atoms with Gasteiger partial charge in [0.1, 0.15) is 0 Å². The summed E-state index contributed by atoms with van der Waals surface area (Å²) in [7, 11) is 0. The molecule has 19 heavy (non-hydrogen) atoms. The smallest absolute Gasteiger partial charge is 0.229 e. The lowest BCUT2D eigenvalue weighted by molar-refractivity contribution is -0.123. The number of hydrogen-bond acceptors (Lipinski definition) is 3. The lowest BCUT2D eigenvalue weighted by Gasteiger charge is -2.14. The van der Waals surface area contributed by atoms with Crippen LogP contribution in [0.3, 0.4) is 0 Å². The number of aryl methyl sites for hydroxylation is 2. The second-order valence-corrected chi connectivity index (χ2v) is 5.13. The molecule has 1 aromatic rings. The zero-order valence-electron chi connectivity index (χ0n) is 11.5. The summed E-state index contributed by atoms with van der Waals surface area (Å²) in [4.78, 5) is 12.2. The molecule has 0 fully saturated rings. The van der Waals surface area contributed by atoms with Crippen molar-refractivity contribution in [1.82, 2.24) is 15.5 Å². The average Bonchev–Trinajstić information content (AvgIpc) is 2.76. The summed E-state index contributed by atoms with van der Waals surface area (Å²) in [5.74, 6) is -0.395. The highest BCUT2D eigenvalue weighted by Gasteiger charge is 2.19. The fraction of sp³-hybridized carbons (Fsp3) is 0.615. The van der Waals surface area contributed by atoms with Crippen molar-refractivity contribution < 1.29 is 4.79 Å². The number of nitrogens with two attached hydrogens (primary N) is 1. The zero-order chi connectivity index (χ0) is 14.3. The van der Waals surface area contributed by atoms with Crippen LogP contribution < -0.4 is 11.1 Å². The molecule has 0 aromatic carbocycles. The molecule has 6 heteroatoms. The third-order valence-corrected chi connectivity index (χ3v) is 3.38. The second-order valence-electron chi connectivity index (χ2n) is 4.66. The van der Waals surface area contributed by atoms with E-state index in [1.165, 1.54) is 5.56 Å². The highest BCUT2D eigenvalue weighted by molar-refractivity contribution is 7.80. The van der Waals surface area contributed by atoms with Gasteiger partial charge in [0, 0.05) is 12.2 Å². The molecule has 5 nitrogen and oxygen atoms in total. The van der Waals surface area contributed by atoms with Gasteiger partial charge in [-0.3, -0.25) is 9.89 Å². The summed E-state index contributed by atoms with van der Waals surface area (Å²) >= 11 is 4.92. The van der Waals surface area contributed by atoms with Gasteiger partial charge in [0.2, 0.25) is 5.91 Å². The average molecular weight is 282 g/mol. The maximum absolute atomic E-state index is 11.9. The van der Waals surface area contributed by atoms with Gasteiger partial charge in [0.05, 0.1) is 17.1 Å². The van der Waals surface area contributed by atoms with Crippen molar-refractivity contribution in [2.45, 2.75) is 39.5 Å². The predicted octanol–water partition coefficient (Wildman–Crippen LogP) is 1.47. The van der Waals surface area contributed by atoms with Gasteiger partial charge in [-0.1, -0.05) is 25.6 Å². The lowest BCUT2D eigenvalue weighted by Crippen LogP contribution is -2.38. The van der Waals surface area contributed by atoms with Gasteiger partial charge in [0.15, 0.2) is 0 Å². The van der Waals surface area contributed by atoms with Crippen LogP contribution in [0.4, 0.5) is 0 Å². The topological polar surface area (TPSA) is 83.8 Å². The molecule has 4 N–H and O–H groups in total. The van der Waals surface area contributed by atoms with E-state index < -0.39 is 0 Å². The number of carbonyl (C=O) groups excluding carboxylic acids is 1. The van der Waals surface area contributed by atoms with E-state index in [2.05, 4.69) is 15.5 Å². The standard InChI is InChI=1S/C13H22N4OS/c1-3-5-11(12(14)19)13(18)15-7-4-6-10-8-16-17-9(10)2/h8,11H,3-7H2,1-2H3,(H2,14,19)(H,15,18)(H,16,17). The highest BCUT2D eigenvalue weighted by atomic mass is 32.1. The van der Waals surface area contributed by atoms with E-state index in [0.717, 1.165) is 25.0 Å². The van der Waals surface area contributed by atoms with E-state index >= 15 is 0 Å². The summed E-state index contributed by atoms with van der Waals surface area (Å²) in [6.07, 6.45) is 5.20. The summed E-state index contributed by atoms with van der Waals surface area (Å²) < 4.78 is 0. The molecule has 1 unspecified atom stereocenters. The third kappa shape index (κ3) is 4.98. The zero-order valence-corrected chi connectivity index (χ0v) is 12.3. The Hall–Kier alpha value is -1.43. The summed E-state index contributed by atoms with van der Waals surface area (Å²) in [6, 6.07) is 0. The van der Waals surface area contributed by atoms with Crippen molar-refractivity contribution in [3.63, 3.8) is 0 Å². The van der Waals surface area contributed by atoms with Crippen molar-refractivity contribution >= 4 is 23.1 Å². The van der Waals surface area contributed by atoms with E-state index in [9.17, 15) is 4.79 Å². The molecule has 0 spiro atoms. The largest absolute Gasteiger partial charge is 0.393 e. The van der Waals surface area contributed by atoms with Crippen LogP contribution in [0.2, 0.25) is 0 Å². The molecule has 1 atom stereocenters. The Morgan fingerprint density at radius 3 is 2.89 bits per heavy atom. The molecule has 1 aromatic heterocycles. The number of carbonyl (C=O) groups is 1. The quantitative estimate of drug-likeness (QED) is 0.498. The van der Waals surface area contributed by atoms with Gasteiger partial charge in [-0.25, -0.2) is 0 Å². The molecule has 0 bridgehead atoms. The number of aromatic amines is 1. The lowest BCUT2D eigenvalue weighted by atomic mass is 10.0. The number of hydrogen-bond donors (Lipinski definition) is 3. The third-order valence-electron chi connectivity index (χ3n) is 3.09. The van der Waals surface area contributed by atoms with Crippen molar-refractivity contribution in [3.05, 3.63) is 17.5 Å². The Morgan fingerprint density at radius 1 is 1.63 bits per heavy atom. The van der Waals surface area contributed by atoms with E-state index in [0.29, 0.717) is 13.0 Å². The normalized spacial score (nSPS) is 12.1. The Bertz CT molecular complexity index is 430. The van der Waals surface area contributed by atoms with Crippen LogP contribution in [0, 0.1) is 12.8 Å². The summed E-state index contributed by atoms with van der Waals surface area (Å²) in [5.41, 5.74) is 7.85. The number of H-pyrrole nitrogens is 1. The Kier molecular flexibility index (Phi) is 6.49. The van der Waals surface area contributed by atoms with Gasteiger partial charge in [-0.2, -0.15) is 5.10 Å². The first-order valence-corrected chi connectivity index (χ1v) is 7.03. The van der Waals surface area contributed by atoms with Crippen LogP contribution in [0.1, 0.15) is 37.4 Å². The molecule has 0 saturated heterocycles. The SMILES string of the molecule is CCCC(C(=O)NCCCc1cn[nH]c1C)C(N)=S. The Morgan fingerprint density at radius 2 is 2.37 bits per heavy atom. The first-order valence-electron chi connectivity index (χ1n) is 6.62. The van der Waals surface area contributed by atoms with Crippen LogP contribution in [-0.2, 0) is 11.2 Å². The fourth-order valence-corrected chi connectivity index (χ4v) is 2.16. The number of aromatic nitrogens is 2. The second kappa shape index (κ2) is 7.89. The van der Waals surface area contributed by atoms with Gasteiger partial charge < -0.3 is 11.1 Å². The number of rotatable bonds is 8. The van der Waals surface area contributed by atoms with Crippen molar-refractivity contribution in [2.24, 2.45) is 11.7 Å². The molecule has 1 heterocycles. The van der Waals surface area contributed by atoms with Gasteiger partial charge >= 0.3 is 0 Å². The first-order chi connectivity index (χ1) is 9.06. The molecule has 0 aliphatic carbocycles. The van der Waals surface area contributed by atoms with Gasteiger partial charge in [-0.15, -0.1) is 0 Å². The minimum Gasteiger partial charge on any atom is -0.393 e. The van der Waals surface area contributed by atoms with Crippen LogP contribution in [0.25, 0.3) is 0 Å².